The van der Waals surface area contributed by atoms with Crippen LogP contribution in [0.4, 0.5) is 5.69 Å². The molecular formula is C10H15NO. The van der Waals surface area contributed by atoms with Crippen LogP contribution in [0.3, 0.4) is 0 Å². The van der Waals surface area contributed by atoms with Crippen molar-refractivity contribution in [1.29, 1.82) is 0 Å². The second-order valence-corrected chi connectivity index (χ2v) is 3.03. The normalized spacial score (nSPS) is 10.2. The SMILES string of the molecule is Cc1ccc(N)c(CCCO)c1. The Balaban J connectivity index is 2.75. The van der Waals surface area contributed by atoms with Gasteiger partial charge in [0, 0.05) is 12.3 Å². The molecule has 0 aromatic heterocycles. The number of hydrogen-bond acceptors (Lipinski definition) is 2. The van der Waals surface area contributed by atoms with Gasteiger partial charge in [0.25, 0.3) is 0 Å². The van der Waals surface area contributed by atoms with E-state index in [1.807, 2.05) is 19.1 Å². The van der Waals surface area contributed by atoms with Crippen LogP contribution in [0.5, 0.6) is 0 Å². The first-order valence-corrected chi connectivity index (χ1v) is 4.20. The summed E-state index contributed by atoms with van der Waals surface area (Å²) >= 11 is 0. The zero-order valence-electron chi connectivity index (χ0n) is 7.38. The van der Waals surface area contributed by atoms with Gasteiger partial charge in [0.2, 0.25) is 0 Å². The second kappa shape index (κ2) is 4.12. The van der Waals surface area contributed by atoms with Gasteiger partial charge in [0.05, 0.1) is 0 Å². The number of nitrogen functional groups attached to an aromatic ring is 1. The molecule has 0 radical (unpaired) electrons. The van der Waals surface area contributed by atoms with Crippen molar-refractivity contribution in [2.45, 2.75) is 19.8 Å². The molecule has 0 saturated carbocycles. The zero-order chi connectivity index (χ0) is 8.97. The van der Waals surface area contributed by atoms with Gasteiger partial charge in [-0.2, -0.15) is 0 Å². The Hall–Kier alpha value is -1.02. The third kappa shape index (κ3) is 2.24. The smallest absolute Gasteiger partial charge is 0.0434 e. The van der Waals surface area contributed by atoms with Gasteiger partial charge in [-0.3, -0.25) is 0 Å². The summed E-state index contributed by atoms with van der Waals surface area (Å²) in [5.41, 5.74) is 8.94. The van der Waals surface area contributed by atoms with Crippen LogP contribution in [-0.4, -0.2) is 11.7 Å². The molecule has 0 heterocycles. The summed E-state index contributed by atoms with van der Waals surface area (Å²) in [5.74, 6) is 0. The monoisotopic (exact) mass is 165 g/mol. The maximum Gasteiger partial charge on any atom is 0.0434 e. The van der Waals surface area contributed by atoms with E-state index in [-0.39, 0.29) is 6.61 Å². The average Bonchev–Trinajstić information content (AvgIpc) is 2.07. The Morgan fingerprint density at radius 2 is 2.17 bits per heavy atom. The number of aryl methyl sites for hydroxylation is 2. The lowest BCUT2D eigenvalue weighted by Crippen LogP contribution is -1.96. The maximum atomic E-state index is 8.65. The summed E-state index contributed by atoms with van der Waals surface area (Å²) in [7, 11) is 0. The molecule has 0 atom stereocenters. The summed E-state index contributed by atoms with van der Waals surface area (Å²) < 4.78 is 0. The Bertz CT molecular complexity index is 258. The summed E-state index contributed by atoms with van der Waals surface area (Å²) in [5, 5.41) is 8.65. The average molecular weight is 165 g/mol. The first-order valence-electron chi connectivity index (χ1n) is 4.20. The van der Waals surface area contributed by atoms with Gasteiger partial charge in [-0.05, 0) is 31.4 Å². The Morgan fingerprint density at radius 3 is 2.83 bits per heavy atom. The molecule has 0 aliphatic carbocycles. The lowest BCUT2D eigenvalue weighted by molar-refractivity contribution is 0.288. The van der Waals surface area contributed by atoms with Crippen molar-refractivity contribution in [3.63, 3.8) is 0 Å². The minimum absolute atomic E-state index is 0.230. The van der Waals surface area contributed by atoms with Crippen LogP contribution in [0, 0.1) is 6.92 Å². The minimum atomic E-state index is 0.230. The van der Waals surface area contributed by atoms with E-state index in [0.717, 1.165) is 24.1 Å². The molecular weight excluding hydrogens is 150 g/mol. The standard InChI is InChI=1S/C10H15NO/c1-8-4-5-10(11)9(7-8)3-2-6-12/h4-5,7,12H,2-3,6,11H2,1H3. The van der Waals surface area contributed by atoms with Crippen molar-refractivity contribution in [1.82, 2.24) is 0 Å². The number of aliphatic hydroxyl groups is 1. The highest BCUT2D eigenvalue weighted by Crippen LogP contribution is 2.15. The van der Waals surface area contributed by atoms with Gasteiger partial charge in [0.1, 0.15) is 0 Å². The Morgan fingerprint density at radius 1 is 1.42 bits per heavy atom. The summed E-state index contributed by atoms with van der Waals surface area (Å²) in [6, 6.07) is 5.99. The zero-order valence-corrected chi connectivity index (χ0v) is 7.38. The molecule has 66 valence electrons. The highest BCUT2D eigenvalue weighted by molar-refractivity contribution is 5.48. The molecule has 0 saturated heterocycles. The molecule has 0 bridgehead atoms. The lowest BCUT2D eigenvalue weighted by Gasteiger charge is -2.05. The highest BCUT2D eigenvalue weighted by Gasteiger charge is 1.98. The van der Waals surface area contributed by atoms with Crippen molar-refractivity contribution < 1.29 is 5.11 Å². The first kappa shape index (κ1) is 9.07. The Kier molecular flexibility index (Phi) is 3.11. The van der Waals surface area contributed by atoms with E-state index >= 15 is 0 Å². The molecule has 0 aliphatic heterocycles. The fraction of sp³-hybridized carbons (Fsp3) is 0.400. The largest absolute Gasteiger partial charge is 0.399 e. The van der Waals surface area contributed by atoms with Crippen LogP contribution in [0.2, 0.25) is 0 Å². The molecule has 1 aromatic carbocycles. The molecule has 0 fully saturated rings. The number of rotatable bonds is 3. The van der Waals surface area contributed by atoms with Gasteiger partial charge in [0.15, 0.2) is 0 Å². The van der Waals surface area contributed by atoms with E-state index in [4.69, 9.17) is 10.8 Å². The summed E-state index contributed by atoms with van der Waals surface area (Å²) in [6.45, 7) is 2.27. The van der Waals surface area contributed by atoms with Crippen molar-refractivity contribution in [2.24, 2.45) is 0 Å². The molecule has 12 heavy (non-hydrogen) atoms. The van der Waals surface area contributed by atoms with Gasteiger partial charge >= 0.3 is 0 Å². The van der Waals surface area contributed by atoms with Crippen LogP contribution in [0.1, 0.15) is 17.5 Å². The lowest BCUT2D eigenvalue weighted by atomic mass is 10.1. The number of nitrogens with two attached hydrogens (primary N) is 1. The van der Waals surface area contributed by atoms with E-state index in [2.05, 4.69) is 6.07 Å². The number of anilines is 1. The minimum Gasteiger partial charge on any atom is -0.399 e. The maximum absolute atomic E-state index is 8.65. The van der Waals surface area contributed by atoms with Crippen molar-refractivity contribution in [2.75, 3.05) is 12.3 Å². The predicted molar refractivity (Wildman–Crippen MR) is 51.0 cm³/mol. The van der Waals surface area contributed by atoms with Crippen LogP contribution >= 0.6 is 0 Å². The molecule has 0 aliphatic rings. The van der Waals surface area contributed by atoms with E-state index in [0.29, 0.717) is 0 Å². The highest BCUT2D eigenvalue weighted by atomic mass is 16.2. The van der Waals surface area contributed by atoms with Crippen molar-refractivity contribution in [3.8, 4) is 0 Å². The van der Waals surface area contributed by atoms with Gasteiger partial charge in [-0.25, -0.2) is 0 Å². The van der Waals surface area contributed by atoms with Crippen LogP contribution in [-0.2, 0) is 6.42 Å². The molecule has 3 N–H and O–H groups in total. The topological polar surface area (TPSA) is 46.2 Å². The predicted octanol–water partition coefficient (Wildman–Crippen LogP) is 1.50. The molecule has 2 nitrogen and oxygen atoms in total. The van der Waals surface area contributed by atoms with Gasteiger partial charge in [-0.15, -0.1) is 0 Å². The fourth-order valence-electron chi connectivity index (χ4n) is 1.22. The third-order valence-corrected chi connectivity index (χ3v) is 1.90. The number of hydrogen-bond donors (Lipinski definition) is 2. The molecule has 0 spiro atoms. The van der Waals surface area contributed by atoms with Crippen LogP contribution in [0.15, 0.2) is 18.2 Å². The van der Waals surface area contributed by atoms with Crippen molar-refractivity contribution in [3.05, 3.63) is 29.3 Å². The van der Waals surface area contributed by atoms with E-state index in [1.54, 1.807) is 0 Å². The number of benzene rings is 1. The van der Waals surface area contributed by atoms with Crippen LogP contribution in [0.25, 0.3) is 0 Å². The second-order valence-electron chi connectivity index (χ2n) is 3.03. The van der Waals surface area contributed by atoms with Gasteiger partial charge in [-0.1, -0.05) is 17.7 Å². The van der Waals surface area contributed by atoms with Gasteiger partial charge < -0.3 is 10.8 Å². The quantitative estimate of drug-likeness (QED) is 0.667. The molecule has 2 heteroatoms. The van der Waals surface area contributed by atoms with Crippen molar-refractivity contribution >= 4 is 5.69 Å². The van der Waals surface area contributed by atoms with Crippen LogP contribution < -0.4 is 5.73 Å². The van der Waals surface area contributed by atoms with E-state index in [9.17, 15) is 0 Å². The summed E-state index contributed by atoms with van der Waals surface area (Å²) in [6.07, 6.45) is 1.65. The van der Waals surface area contributed by atoms with E-state index in [1.165, 1.54) is 5.56 Å². The third-order valence-electron chi connectivity index (χ3n) is 1.90. The molecule has 1 rings (SSSR count). The molecule has 1 aromatic rings. The molecule has 0 amide bonds. The Labute approximate surface area is 73.0 Å². The summed E-state index contributed by atoms with van der Waals surface area (Å²) in [4.78, 5) is 0. The van der Waals surface area contributed by atoms with E-state index < -0.39 is 0 Å². The first-order chi connectivity index (χ1) is 5.74. The number of aliphatic hydroxyl groups excluding tert-OH is 1. The fourth-order valence-corrected chi connectivity index (χ4v) is 1.22. The molecule has 0 unspecified atom stereocenters.